The van der Waals surface area contributed by atoms with Crippen LogP contribution < -0.4 is 4.90 Å². The van der Waals surface area contributed by atoms with Gasteiger partial charge in [-0.25, -0.2) is 8.42 Å². The third kappa shape index (κ3) is 3.40. The average Bonchev–Trinajstić information content (AvgIpc) is 2.55. The molecule has 0 N–H and O–H groups in total. The van der Waals surface area contributed by atoms with E-state index in [-0.39, 0.29) is 23.3 Å². The van der Waals surface area contributed by atoms with Crippen molar-refractivity contribution in [3.05, 3.63) is 24.5 Å². The van der Waals surface area contributed by atoms with Crippen LogP contribution in [0.4, 0.5) is 5.69 Å². The highest BCUT2D eigenvalue weighted by Crippen LogP contribution is 2.24. The lowest BCUT2D eigenvalue weighted by Gasteiger charge is -2.37. The Morgan fingerprint density at radius 1 is 1.14 bits per heavy atom. The zero-order valence-electron chi connectivity index (χ0n) is 12.5. The minimum atomic E-state index is -2.94. The third-order valence-electron chi connectivity index (χ3n) is 4.45. The van der Waals surface area contributed by atoms with Crippen molar-refractivity contribution < 1.29 is 13.2 Å². The number of amides is 1. The van der Waals surface area contributed by atoms with Gasteiger partial charge in [-0.2, -0.15) is 0 Å². The fraction of sp³-hybridized carbons (Fsp3) is 0.600. The molecule has 1 unspecified atom stereocenters. The van der Waals surface area contributed by atoms with Gasteiger partial charge >= 0.3 is 0 Å². The lowest BCUT2D eigenvalue weighted by molar-refractivity contribution is -0.135. The van der Waals surface area contributed by atoms with Crippen molar-refractivity contribution >= 4 is 21.4 Å². The van der Waals surface area contributed by atoms with Crippen LogP contribution in [0.25, 0.3) is 0 Å². The normalized spacial score (nSPS) is 25.0. The van der Waals surface area contributed by atoms with E-state index in [2.05, 4.69) is 9.88 Å². The van der Waals surface area contributed by atoms with Crippen LogP contribution in [0.3, 0.4) is 0 Å². The summed E-state index contributed by atoms with van der Waals surface area (Å²) in [7, 11) is -2.94. The fourth-order valence-electron chi connectivity index (χ4n) is 3.16. The van der Waals surface area contributed by atoms with Gasteiger partial charge in [0, 0.05) is 44.3 Å². The van der Waals surface area contributed by atoms with Crippen LogP contribution in [-0.2, 0) is 14.6 Å². The summed E-state index contributed by atoms with van der Waals surface area (Å²) >= 11 is 0. The summed E-state index contributed by atoms with van der Waals surface area (Å²) in [6.45, 7) is 2.33. The second kappa shape index (κ2) is 6.24. The van der Waals surface area contributed by atoms with E-state index < -0.39 is 9.84 Å². The van der Waals surface area contributed by atoms with Gasteiger partial charge in [0.05, 0.1) is 17.4 Å². The second-order valence-electron chi connectivity index (χ2n) is 5.97. The zero-order chi connectivity index (χ0) is 15.6. The van der Waals surface area contributed by atoms with Crippen LogP contribution in [0.5, 0.6) is 0 Å². The van der Waals surface area contributed by atoms with Crippen molar-refractivity contribution in [1.82, 2.24) is 9.88 Å². The van der Waals surface area contributed by atoms with Crippen molar-refractivity contribution in [2.24, 2.45) is 5.92 Å². The minimum absolute atomic E-state index is 0.0391. The highest BCUT2D eigenvalue weighted by atomic mass is 32.2. The van der Waals surface area contributed by atoms with Crippen molar-refractivity contribution in [2.75, 3.05) is 42.6 Å². The Balaban J connectivity index is 1.63. The van der Waals surface area contributed by atoms with Gasteiger partial charge in [0.2, 0.25) is 5.91 Å². The van der Waals surface area contributed by atoms with Crippen molar-refractivity contribution in [1.29, 1.82) is 0 Å². The summed E-state index contributed by atoms with van der Waals surface area (Å²) in [5.74, 6) is 0.260. The minimum Gasteiger partial charge on any atom is -0.371 e. The zero-order valence-corrected chi connectivity index (χ0v) is 13.3. The number of rotatable bonds is 2. The molecule has 1 amide bonds. The lowest BCUT2D eigenvalue weighted by Crippen LogP contribution is -2.49. The highest BCUT2D eigenvalue weighted by molar-refractivity contribution is 7.91. The van der Waals surface area contributed by atoms with Gasteiger partial charge in [-0.15, -0.1) is 0 Å². The fourth-order valence-corrected chi connectivity index (χ4v) is 4.36. The van der Waals surface area contributed by atoms with Gasteiger partial charge in [0.25, 0.3) is 0 Å². The monoisotopic (exact) mass is 323 g/mol. The summed E-state index contributed by atoms with van der Waals surface area (Å²) in [5.41, 5.74) is 1.09. The molecular weight excluding hydrogens is 302 g/mol. The number of hydrogen-bond donors (Lipinski definition) is 0. The summed E-state index contributed by atoms with van der Waals surface area (Å²) in [5, 5.41) is 0. The second-order valence-corrected chi connectivity index (χ2v) is 8.27. The van der Waals surface area contributed by atoms with E-state index in [1.54, 1.807) is 17.3 Å². The van der Waals surface area contributed by atoms with Gasteiger partial charge < -0.3 is 9.80 Å². The number of sulfone groups is 1. The molecule has 22 heavy (non-hydrogen) atoms. The number of piperidine rings is 1. The number of nitrogens with zero attached hydrogens (tertiary/aromatic N) is 3. The standard InChI is InChI=1S/C15H21N3O3S/c19-15(17-8-10-22(20,21)11-9-17)13-2-1-7-18(12-13)14-3-5-16-6-4-14/h3-6,13H,1-2,7-12H2. The predicted octanol–water partition coefficient (Wildman–Crippen LogP) is 0.555. The molecule has 0 spiro atoms. The van der Waals surface area contributed by atoms with Gasteiger partial charge in [-0.05, 0) is 25.0 Å². The molecule has 1 aromatic rings. The summed E-state index contributed by atoms with van der Waals surface area (Å²) in [4.78, 5) is 20.6. The smallest absolute Gasteiger partial charge is 0.227 e. The molecule has 2 aliphatic heterocycles. The molecule has 0 saturated carbocycles. The maximum Gasteiger partial charge on any atom is 0.227 e. The van der Waals surface area contributed by atoms with Crippen molar-refractivity contribution in [3.8, 4) is 0 Å². The van der Waals surface area contributed by atoms with E-state index >= 15 is 0 Å². The van der Waals surface area contributed by atoms with Crippen molar-refractivity contribution in [2.45, 2.75) is 12.8 Å². The molecule has 2 fully saturated rings. The quantitative estimate of drug-likeness (QED) is 0.795. The Bertz CT molecular complexity index is 619. The molecule has 1 aromatic heterocycles. The van der Waals surface area contributed by atoms with Gasteiger partial charge in [-0.3, -0.25) is 9.78 Å². The number of hydrogen-bond acceptors (Lipinski definition) is 5. The van der Waals surface area contributed by atoms with Crippen LogP contribution >= 0.6 is 0 Å². The molecule has 1 atom stereocenters. The summed E-state index contributed by atoms with van der Waals surface area (Å²) in [6.07, 6.45) is 5.38. The predicted molar refractivity (Wildman–Crippen MR) is 84.4 cm³/mol. The molecule has 3 heterocycles. The molecule has 7 heteroatoms. The maximum absolute atomic E-state index is 12.6. The van der Waals surface area contributed by atoms with E-state index in [1.165, 1.54) is 0 Å². The van der Waals surface area contributed by atoms with E-state index in [0.717, 1.165) is 25.1 Å². The van der Waals surface area contributed by atoms with Gasteiger partial charge in [-0.1, -0.05) is 0 Å². The van der Waals surface area contributed by atoms with E-state index in [4.69, 9.17) is 0 Å². The first kappa shape index (κ1) is 15.3. The first-order valence-electron chi connectivity index (χ1n) is 7.69. The topological polar surface area (TPSA) is 70.6 Å². The highest BCUT2D eigenvalue weighted by Gasteiger charge is 2.32. The SMILES string of the molecule is O=C(C1CCCN(c2ccncc2)C1)N1CCS(=O)(=O)CC1. The number of carbonyl (C=O) groups is 1. The molecule has 2 aliphatic rings. The molecule has 0 aromatic carbocycles. The van der Waals surface area contributed by atoms with Gasteiger partial charge in [0.1, 0.15) is 0 Å². The number of pyridine rings is 1. The average molecular weight is 323 g/mol. The van der Waals surface area contributed by atoms with Gasteiger partial charge in [0.15, 0.2) is 9.84 Å². The van der Waals surface area contributed by atoms with Crippen LogP contribution in [0.2, 0.25) is 0 Å². The number of anilines is 1. The van der Waals surface area contributed by atoms with Crippen LogP contribution in [-0.4, -0.2) is 61.9 Å². The number of aromatic nitrogens is 1. The Hall–Kier alpha value is -1.63. The molecule has 3 rings (SSSR count). The van der Waals surface area contributed by atoms with Crippen LogP contribution in [0.15, 0.2) is 24.5 Å². The number of carbonyl (C=O) groups excluding carboxylic acids is 1. The molecule has 0 aliphatic carbocycles. The van der Waals surface area contributed by atoms with Crippen LogP contribution in [0.1, 0.15) is 12.8 Å². The van der Waals surface area contributed by atoms with E-state index in [1.807, 2.05) is 12.1 Å². The lowest BCUT2D eigenvalue weighted by atomic mass is 9.96. The summed E-state index contributed by atoms with van der Waals surface area (Å²) < 4.78 is 23.0. The first-order valence-corrected chi connectivity index (χ1v) is 9.51. The Morgan fingerprint density at radius 2 is 1.82 bits per heavy atom. The van der Waals surface area contributed by atoms with E-state index in [0.29, 0.717) is 19.6 Å². The molecule has 120 valence electrons. The Labute approximate surface area is 131 Å². The third-order valence-corrected chi connectivity index (χ3v) is 6.06. The first-order chi connectivity index (χ1) is 10.6. The maximum atomic E-state index is 12.6. The summed E-state index contributed by atoms with van der Waals surface area (Å²) in [6, 6.07) is 3.92. The van der Waals surface area contributed by atoms with E-state index in [9.17, 15) is 13.2 Å². The molecule has 0 bridgehead atoms. The van der Waals surface area contributed by atoms with Crippen molar-refractivity contribution in [3.63, 3.8) is 0 Å². The molecular formula is C15H21N3O3S. The van der Waals surface area contributed by atoms with Crippen LogP contribution in [0, 0.1) is 5.92 Å². The molecule has 2 saturated heterocycles. The molecule has 6 nitrogen and oxygen atoms in total. The largest absolute Gasteiger partial charge is 0.371 e. The molecule has 0 radical (unpaired) electrons. The Morgan fingerprint density at radius 3 is 2.50 bits per heavy atom. The Kier molecular flexibility index (Phi) is 4.33.